The molecule has 12 heavy (non-hydrogen) atoms. The summed E-state index contributed by atoms with van der Waals surface area (Å²) in [6, 6.07) is 3.56. The molecule has 68 valence electrons. The van der Waals surface area contributed by atoms with Crippen LogP contribution in [0.3, 0.4) is 0 Å². The van der Waals surface area contributed by atoms with Crippen LogP contribution in [0.4, 0.5) is 3.89 Å². The van der Waals surface area contributed by atoms with Gasteiger partial charge in [0.2, 0.25) is 0 Å². The summed E-state index contributed by atoms with van der Waals surface area (Å²) in [5.41, 5.74) is 0.816. The van der Waals surface area contributed by atoms with Crippen molar-refractivity contribution < 1.29 is 12.3 Å². The van der Waals surface area contributed by atoms with Crippen LogP contribution >= 0.6 is 0 Å². The second-order valence-electron chi connectivity index (χ2n) is 2.60. The largest absolute Gasteiger partial charge is 0.354 e. The minimum absolute atomic E-state index is 0.225. The second kappa shape index (κ2) is 3.26. The van der Waals surface area contributed by atoms with Crippen LogP contribution in [-0.4, -0.2) is 18.7 Å². The molecule has 0 unspecified atom stereocenters. The zero-order valence-electron chi connectivity index (χ0n) is 6.70. The molecule has 0 aliphatic rings. The summed E-state index contributed by atoms with van der Waals surface area (Å²) in [4.78, 5) is 0. The zero-order chi connectivity index (χ0) is 9.19. The maximum atomic E-state index is 12.1. The predicted octanol–water partition coefficient (Wildman–Crippen LogP) is 0.867. The van der Waals surface area contributed by atoms with Crippen LogP contribution in [0.25, 0.3) is 0 Å². The van der Waals surface area contributed by atoms with Gasteiger partial charge in [-0.25, -0.2) is 0 Å². The number of rotatable bonds is 3. The van der Waals surface area contributed by atoms with E-state index in [1.165, 1.54) is 0 Å². The topological polar surface area (TPSA) is 39.1 Å². The minimum Gasteiger partial charge on any atom is -0.354 e. The Balaban J connectivity index is 2.61. The Morgan fingerprint density at radius 2 is 2.25 bits per heavy atom. The first-order valence-corrected chi connectivity index (χ1v) is 5.07. The molecular weight excluding hydrogens is 181 g/mol. The van der Waals surface area contributed by atoms with Gasteiger partial charge in [0.05, 0.1) is 5.75 Å². The van der Waals surface area contributed by atoms with Crippen LogP contribution < -0.4 is 0 Å². The molecule has 0 aromatic carbocycles. The molecule has 0 atom stereocenters. The highest BCUT2D eigenvalue weighted by Gasteiger charge is 2.08. The van der Waals surface area contributed by atoms with Crippen molar-refractivity contribution in [1.82, 2.24) is 4.57 Å². The van der Waals surface area contributed by atoms with Gasteiger partial charge in [0.1, 0.15) is 0 Å². The van der Waals surface area contributed by atoms with Crippen molar-refractivity contribution in [3.05, 3.63) is 24.0 Å². The first-order chi connectivity index (χ1) is 5.49. The molecule has 0 fully saturated rings. The van der Waals surface area contributed by atoms with Crippen molar-refractivity contribution in [3.8, 4) is 0 Å². The molecule has 0 aliphatic heterocycles. The van der Waals surface area contributed by atoms with Gasteiger partial charge in [-0.05, 0) is 12.1 Å². The number of aromatic nitrogens is 1. The summed E-state index contributed by atoms with van der Waals surface area (Å²) in [6.45, 7) is 0. The van der Waals surface area contributed by atoms with Gasteiger partial charge < -0.3 is 4.57 Å². The molecule has 0 amide bonds. The normalized spacial score (nSPS) is 11.8. The summed E-state index contributed by atoms with van der Waals surface area (Å²) in [5.74, 6) is -0.440. The van der Waals surface area contributed by atoms with E-state index < -0.39 is 16.0 Å². The lowest BCUT2D eigenvalue weighted by molar-refractivity contribution is 0.550. The molecule has 0 aliphatic carbocycles. The molecule has 3 nitrogen and oxygen atoms in total. The van der Waals surface area contributed by atoms with Crippen molar-refractivity contribution in [2.75, 3.05) is 5.75 Å². The fourth-order valence-electron chi connectivity index (χ4n) is 0.983. The van der Waals surface area contributed by atoms with Gasteiger partial charge >= 0.3 is 10.2 Å². The van der Waals surface area contributed by atoms with Crippen molar-refractivity contribution in [2.24, 2.45) is 7.05 Å². The Morgan fingerprint density at radius 1 is 1.58 bits per heavy atom. The van der Waals surface area contributed by atoms with Crippen molar-refractivity contribution in [2.45, 2.75) is 6.42 Å². The maximum absolute atomic E-state index is 12.1. The molecule has 1 aromatic heterocycles. The van der Waals surface area contributed by atoms with Crippen molar-refractivity contribution >= 4 is 10.2 Å². The van der Waals surface area contributed by atoms with E-state index in [-0.39, 0.29) is 6.42 Å². The van der Waals surface area contributed by atoms with Crippen LogP contribution in [0.1, 0.15) is 5.69 Å². The third-order valence-corrected chi connectivity index (χ3v) is 2.35. The van der Waals surface area contributed by atoms with E-state index in [4.69, 9.17) is 0 Å². The van der Waals surface area contributed by atoms with Crippen LogP contribution in [0, 0.1) is 0 Å². The minimum atomic E-state index is -4.33. The highest BCUT2D eigenvalue weighted by molar-refractivity contribution is 7.86. The number of hydrogen-bond acceptors (Lipinski definition) is 2. The van der Waals surface area contributed by atoms with Crippen LogP contribution in [0.5, 0.6) is 0 Å². The van der Waals surface area contributed by atoms with Gasteiger partial charge in [-0.2, -0.15) is 8.42 Å². The smallest absolute Gasteiger partial charge is 0.302 e. The molecule has 0 N–H and O–H groups in total. The SMILES string of the molecule is Cn1cccc1CCS(=O)(=O)F. The lowest BCUT2D eigenvalue weighted by Gasteiger charge is -1.99. The second-order valence-corrected chi connectivity index (χ2v) is 4.09. The summed E-state index contributed by atoms with van der Waals surface area (Å²) < 4.78 is 34.2. The summed E-state index contributed by atoms with van der Waals surface area (Å²) >= 11 is 0. The van der Waals surface area contributed by atoms with E-state index in [0.717, 1.165) is 5.69 Å². The van der Waals surface area contributed by atoms with E-state index in [9.17, 15) is 12.3 Å². The average molecular weight is 191 g/mol. The fraction of sp³-hybridized carbons (Fsp3) is 0.429. The first-order valence-electron chi connectivity index (χ1n) is 3.51. The quantitative estimate of drug-likeness (QED) is 0.665. The van der Waals surface area contributed by atoms with Gasteiger partial charge in [-0.15, -0.1) is 3.89 Å². The van der Waals surface area contributed by atoms with Gasteiger partial charge in [0.25, 0.3) is 0 Å². The van der Waals surface area contributed by atoms with E-state index in [0.29, 0.717) is 0 Å². The molecule has 0 spiro atoms. The molecule has 0 radical (unpaired) electrons. The molecule has 0 saturated heterocycles. The highest BCUT2D eigenvalue weighted by atomic mass is 32.3. The molecule has 1 rings (SSSR count). The predicted molar refractivity (Wildman–Crippen MR) is 44.0 cm³/mol. The number of hydrogen-bond donors (Lipinski definition) is 0. The van der Waals surface area contributed by atoms with Gasteiger partial charge in [0.15, 0.2) is 0 Å². The Morgan fingerprint density at radius 3 is 2.67 bits per heavy atom. The molecule has 0 saturated carbocycles. The fourth-order valence-corrected chi connectivity index (χ4v) is 1.44. The van der Waals surface area contributed by atoms with Gasteiger partial charge in [-0.1, -0.05) is 0 Å². The summed E-state index contributed by atoms with van der Waals surface area (Å²) in [5, 5.41) is 0. The Bertz CT molecular complexity index is 355. The lowest BCUT2D eigenvalue weighted by atomic mass is 10.3. The Kier molecular flexibility index (Phi) is 2.52. The molecule has 1 aromatic rings. The average Bonchev–Trinajstić information content (AvgIpc) is 2.29. The first kappa shape index (κ1) is 9.25. The van der Waals surface area contributed by atoms with E-state index in [1.807, 2.05) is 0 Å². The summed E-state index contributed by atoms with van der Waals surface area (Å²) in [7, 11) is -2.54. The van der Waals surface area contributed by atoms with Crippen molar-refractivity contribution in [1.29, 1.82) is 0 Å². The van der Waals surface area contributed by atoms with E-state index in [1.54, 1.807) is 29.9 Å². The standard InChI is InChI=1S/C7H10FNO2S/c1-9-5-2-3-7(9)4-6-12(8,10)11/h2-3,5H,4,6H2,1H3. The third kappa shape index (κ3) is 2.65. The van der Waals surface area contributed by atoms with Crippen LogP contribution in [-0.2, 0) is 23.7 Å². The highest BCUT2D eigenvalue weighted by Crippen LogP contribution is 2.03. The molecular formula is C7H10FNO2S. The molecule has 0 bridgehead atoms. The van der Waals surface area contributed by atoms with Crippen LogP contribution in [0.2, 0.25) is 0 Å². The van der Waals surface area contributed by atoms with Crippen LogP contribution in [0.15, 0.2) is 18.3 Å². The molecule has 5 heteroatoms. The van der Waals surface area contributed by atoms with Gasteiger partial charge in [-0.3, -0.25) is 0 Å². The maximum Gasteiger partial charge on any atom is 0.302 e. The summed E-state index contributed by atoms with van der Waals surface area (Å²) in [6.07, 6.45) is 2.02. The third-order valence-electron chi connectivity index (χ3n) is 1.65. The van der Waals surface area contributed by atoms with E-state index in [2.05, 4.69) is 0 Å². The number of halogens is 1. The monoisotopic (exact) mass is 191 g/mol. The Labute approximate surface area is 71.0 Å². The molecule has 1 heterocycles. The van der Waals surface area contributed by atoms with E-state index >= 15 is 0 Å². The Hall–Kier alpha value is -0.840. The lowest BCUT2D eigenvalue weighted by Crippen LogP contribution is -2.05. The van der Waals surface area contributed by atoms with Gasteiger partial charge in [0, 0.05) is 25.4 Å². The number of aryl methyl sites for hydroxylation is 2. The number of nitrogens with zero attached hydrogens (tertiary/aromatic N) is 1. The zero-order valence-corrected chi connectivity index (χ0v) is 7.51. The van der Waals surface area contributed by atoms with Crippen molar-refractivity contribution in [3.63, 3.8) is 0 Å².